The Bertz CT molecular complexity index is 954. The standard InChI is InChI=1S/C19H21N5O2/c1-13-10-17(22(2)21-13)24-9-5-7-16(19(24)26)20-18(25)14-11-15-6-3-4-8-23(15)12-14/h3-4,6,8,10-12,16H,5,7,9H2,1-2H3,(H,20,25). The molecule has 26 heavy (non-hydrogen) atoms. The number of carbonyl (C=O) groups excluding carboxylic acids is 2. The molecular formula is C19H21N5O2. The molecule has 0 bridgehead atoms. The summed E-state index contributed by atoms with van der Waals surface area (Å²) in [5.41, 5.74) is 2.36. The topological polar surface area (TPSA) is 71.6 Å². The fraction of sp³-hybridized carbons (Fsp3) is 0.316. The molecule has 1 N–H and O–H groups in total. The second kappa shape index (κ2) is 6.33. The number of nitrogens with zero attached hydrogens (tertiary/aromatic N) is 4. The molecule has 3 aromatic heterocycles. The Kier molecular flexibility index (Phi) is 3.99. The lowest BCUT2D eigenvalue weighted by atomic mass is 10.0. The van der Waals surface area contributed by atoms with Crippen molar-refractivity contribution in [3.8, 4) is 0 Å². The van der Waals surface area contributed by atoms with Crippen molar-refractivity contribution in [3.05, 3.63) is 54.0 Å². The van der Waals surface area contributed by atoms with Gasteiger partial charge < -0.3 is 9.72 Å². The number of hydrogen-bond donors (Lipinski definition) is 1. The molecule has 0 aromatic carbocycles. The highest BCUT2D eigenvalue weighted by Gasteiger charge is 2.32. The molecule has 3 aromatic rings. The number of aryl methyl sites for hydroxylation is 2. The number of aromatic nitrogens is 3. The average molecular weight is 351 g/mol. The van der Waals surface area contributed by atoms with Crippen LogP contribution in [0.15, 0.2) is 42.7 Å². The van der Waals surface area contributed by atoms with Crippen molar-refractivity contribution >= 4 is 23.1 Å². The fourth-order valence-electron chi connectivity index (χ4n) is 3.51. The maximum atomic E-state index is 12.9. The number of anilines is 1. The molecule has 0 spiro atoms. The molecule has 4 heterocycles. The molecule has 1 aliphatic heterocycles. The molecule has 1 fully saturated rings. The molecule has 7 heteroatoms. The second-order valence-electron chi connectivity index (χ2n) is 6.69. The van der Waals surface area contributed by atoms with Gasteiger partial charge in [0.05, 0.1) is 11.3 Å². The van der Waals surface area contributed by atoms with Crippen molar-refractivity contribution in [1.29, 1.82) is 0 Å². The summed E-state index contributed by atoms with van der Waals surface area (Å²) >= 11 is 0. The van der Waals surface area contributed by atoms with E-state index in [1.807, 2.05) is 54.9 Å². The molecule has 4 rings (SSSR count). The highest BCUT2D eigenvalue weighted by Crippen LogP contribution is 2.22. The number of nitrogens with one attached hydrogen (secondary N) is 1. The number of rotatable bonds is 3. The Morgan fingerprint density at radius 1 is 1.31 bits per heavy atom. The Morgan fingerprint density at radius 2 is 2.15 bits per heavy atom. The molecule has 1 aliphatic rings. The number of fused-ring (bicyclic) bond motifs is 1. The van der Waals surface area contributed by atoms with Crippen molar-refractivity contribution < 1.29 is 9.59 Å². The van der Waals surface area contributed by atoms with E-state index in [1.54, 1.807) is 15.8 Å². The van der Waals surface area contributed by atoms with Gasteiger partial charge >= 0.3 is 0 Å². The normalized spacial score (nSPS) is 17.7. The van der Waals surface area contributed by atoms with Crippen molar-refractivity contribution in [3.63, 3.8) is 0 Å². The minimum absolute atomic E-state index is 0.0867. The maximum Gasteiger partial charge on any atom is 0.253 e. The Hall–Kier alpha value is -3.09. The summed E-state index contributed by atoms with van der Waals surface area (Å²) in [6.45, 7) is 2.54. The van der Waals surface area contributed by atoms with Gasteiger partial charge in [0, 0.05) is 37.6 Å². The van der Waals surface area contributed by atoms with Crippen LogP contribution < -0.4 is 10.2 Å². The minimum atomic E-state index is -0.519. The lowest BCUT2D eigenvalue weighted by Gasteiger charge is -2.32. The van der Waals surface area contributed by atoms with E-state index in [4.69, 9.17) is 0 Å². The van der Waals surface area contributed by atoms with E-state index in [2.05, 4.69) is 10.4 Å². The molecule has 2 amide bonds. The highest BCUT2D eigenvalue weighted by atomic mass is 16.2. The lowest BCUT2D eigenvalue weighted by Crippen LogP contribution is -2.52. The van der Waals surface area contributed by atoms with E-state index >= 15 is 0 Å². The summed E-state index contributed by atoms with van der Waals surface area (Å²) in [6, 6.07) is 8.97. The van der Waals surface area contributed by atoms with E-state index in [0.717, 1.165) is 23.4 Å². The van der Waals surface area contributed by atoms with Crippen LogP contribution in [0.1, 0.15) is 28.9 Å². The van der Waals surface area contributed by atoms with Crippen molar-refractivity contribution in [1.82, 2.24) is 19.5 Å². The van der Waals surface area contributed by atoms with Gasteiger partial charge in [-0.15, -0.1) is 0 Å². The van der Waals surface area contributed by atoms with E-state index in [9.17, 15) is 9.59 Å². The van der Waals surface area contributed by atoms with Crippen LogP contribution in [-0.2, 0) is 11.8 Å². The van der Waals surface area contributed by atoms with Gasteiger partial charge in [-0.25, -0.2) is 0 Å². The first-order chi connectivity index (χ1) is 12.5. The van der Waals surface area contributed by atoms with Crippen LogP contribution in [0.4, 0.5) is 5.82 Å². The van der Waals surface area contributed by atoms with Gasteiger partial charge in [-0.2, -0.15) is 5.10 Å². The van der Waals surface area contributed by atoms with Gasteiger partial charge in [0.1, 0.15) is 11.9 Å². The second-order valence-corrected chi connectivity index (χ2v) is 6.69. The summed E-state index contributed by atoms with van der Waals surface area (Å²) in [5.74, 6) is 0.451. The lowest BCUT2D eigenvalue weighted by molar-refractivity contribution is -0.121. The molecule has 1 unspecified atom stereocenters. The van der Waals surface area contributed by atoms with Gasteiger partial charge in [-0.05, 0) is 38.0 Å². The molecule has 0 radical (unpaired) electrons. The Morgan fingerprint density at radius 3 is 2.88 bits per heavy atom. The summed E-state index contributed by atoms with van der Waals surface area (Å²) in [7, 11) is 1.82. The number of hydrogen-bond acceptors (Lipinski definition) is 3. The maximum absolute atomic E-state index is 12.9. The monoisotopic (exact) mass is 351 g/mol. The van der Waals surface area contributed by atoms with E-state index in [0.29, 0.717) is 18.5 Å². The van der Waals surface area contributed by atoms with Gasteiger partial charge in [0.15, 0.2) is 0 Å². The average Bonchev–Trinajstić information content (AvgIpc) is 3.19. The molecule has 1 atom stereocenters. The van der Waals surface area contributed by atoms with Crippen LogP contribution in [0.25, 0.3) is 5.52 Å². The third-order valence-corrected chi connectivity index (χ3v) is 4.76. The van der Waals surface area contributed by atoms with E-state index in [-0.39, 0.29) is 11.8 Å². The van der Waals surface area contributed by atoms with Gasteiger partial charge in [0.25, 0.3) is 11.8 Å². The highest BCUT2D eigenvalue weighted by molar-refractivity contribution is 6.03. The van der Waals surface area contributed by atoms with Gasteiger partial charge in [-0.3, -0.25) is 19.2 Å². The molecular weight excluding hydrogens is 330 g/mol. The summed E-state index contributed by atoms with van der Waals surface area (Å²) < 4.78 is 3.60. The number of amides is 2. The van der Waals surface area contributed by atoms with Gasteiger partial charge in [0.2, 0.25) is 0 Å². The van der Waals surface area contributed by atoms with Crippen LogP contribution in [0.5, 0.6) is 0 Å². The number of piperidine rings is 1. The predicted octanol–water partition coefficient (Wildman–Crippen LogP) is 1.91. The number of carbonyl (C=O) groups is 2. The van der Waals surface area contributed by atoms with Gasteiger partial charge in [-0.1, -0.05) is 6.07 Å². The zero-order chi connectivity index (χ0) is 18.3. The molecule has 1 saturated heterocycles. The van der Waals surface area contributed by atoms with Crippen LogP contribution in [0.3, 0.4) is 0 Å². The minimum Gasteiger partial charge on any atom is -0.340 e. The molecule has 134 valence electrons. The van der Waals surface area contributed by atoms with E-state index in [1.165, 1.54) is 0 Å². The SMILES string of the molecule is Cc1cc(N2CCCC(NC(=O)c3cc4ccccn4c3)C2=O)n(C)n1. The van der Waals surface area contributed by atoms with Crippen molar-refractivity contribution in [2.45, 2.75) is 25.8 Å². The smallest absolute Gasteiger partial charge is 0.253 e. The zero-order valence-electron chi connectivity index (χ0n) is 14.8. The summed E-state index contributed by atoms with van der Waals surface area (Å²) in [4.78, 5) is 27.2. The van der Waals surface area contributed by atoms with Crippen molar-refractivity contribution in [2.75, 3.05) is 11.4 Å². The number of pyridine rings is 1. The summed E-state index contributed by atoms with van der Waals surface area (Å²) in [5, 5.41) is 7.21. The van der Waals surface area contributed by atoms with Crippen LogP contribution in [0.2, 0.25) is 0 Å². The predicted molar refractivity (Wildman–Crippen MR) is 98.2 cm³/mol. The van der Waals surface area contributed by atoms with Crippen LogP contribution in [-0.4, -0.2) is 38.6 Å². The zero-order valence-corrected chi connectivity index (χ0v) is 14.8. The van der Waals surface area contributed by atoms with E-state index < -0.39 is 6.04 Å². The van der Waals surface area contributed by atoms with Crippen LogP contribution in [0, 0.1) is 6.92 Å². The molecule has 7 nitrogen and oxygen atoms in total. The first-order valence-corrected chi connectivity index (χ1v) is 8.72. The van der Waals surface area contributed by atoms with Crippen LogP contribution >= 0.6 is 0 Å². The quantitative estimate of drug-likeness (QED) is 0.783. The largest absolute Gasteiger partial charge is 0.340 e. The fourth-order valence-corrected chi connectivity index (χ4v) is 3.51. The first kappa shape index (κ1) is 16.4. The third-order valence-electron chi connectivity index (χ3n) is 4.76. The van der Waals surface area contributed by atoms with Crippen molar-refractivity contribution in [2.24, 2.45) is 7.05 Å². The molecule has 0 aliphatic carbocycles. The summed E-state index contributed by atoms with van der Waals surface area (Å²) in [6.07, 6.45) is 5.15. The molecule has 0 saturated carbocycles. The Labute approximate surface area is 151 Å². The third kappa shape index (κ3) is 2.85. The first-order valence-electron chi connectivity index (χ1n) is 8.72. The Balaban J connectivity index is 1.52.